The van der Waals surface area contributed by atoms with Crippen LogP contribution in [0.5, 0.6) is 5.75 Å². The Morgan fingerprint density at radius 1 is 1.03 bits per heavy atom. The highest BCUT2D eigenvalue weighted by atomic mass is 32.1. The molecule has 1 aromatic heterocycles. The number of carbonyl (C=O) groups excluding carboxylic acids is 1. The fourth-order valence-corrected chi connectivity index (χ4v) is 4.63. The van der Waals surface area contributed by atoms with E-state index in [4.69, 9.17) is 9.72 Å². The van der Waals surface area contributed by atoms with Crippen LogP contribution in [0.3, 0.4) is 0 Å². The molecular weight excluding hydrogens is 418 g/mol. The third-order valence-electron chi connectivity index (χ3n) is 5.85. The van der Waals surface area contributed by atoms with Crippen molar-refractivity contribution in [2.24, 2.45) is 0 Å². The van der Waals surface area contributed by atoms with E-state index in [0.717, 1.165) is 53.6 Å². The van der Waals surface area contributed by atoms with Gasteiger partial charge in [-0.2, -0.15) is 0 Å². The molecule has 0 saturated carbocycles. The van der Waals surface area contributed by atoms with Crippen LogP contribution in [0, 0.1) is 13.8 Å². The highest BCUT2D eigenvalue weighted by molar-refractivity contribution is 7.22. The van der Waals surface area contributed by atoms with Crippen molar-refractivity contribution in [3.8, 4) is 5.75 Å². The summed E-state index contributed by atoms with van der Waals surface area (Å²) < 4.78 is 6.95. The van der Waals surface area contributed by atoms with E-state index < -0.39 is 0 Å². The summed E-state index contributed by atoms with van der Waals surface area (Å²) in [6, 6.07) is 11.8. The Morgan fingerprint density at radius 3 is 2.50 bits per heavy atom. The third-order valence-corrected chi connectivity index (χ3v) is 6.89. The zero-order chi connectivity index (χ0) is 23.1. The highest BCUT2D eigenvalue weighted by Crippen LogP contribution is 2.32. The van der Waals surface area contributed by atoms with Crippen LogP contribution in [0.4, 0.5) is 5.13 Å². The molecule has 0 aliphatic carbocycles. The van der Waals surface area contributed by atoms with Gasteiger partial charge in [0.1, 0.15) is 5.75 Å². The molecule has 5 nitrogen and oxygen atoms in total. The molecule has 0 spiro atoms. The number of unbranched alkanes of at least 4 members (excludes halogenated alkanes) is 1. The number of amides is 1. The Labute approximate surface area is 196 Å². The van der Waals surface area contributed by atoms with Crippen LogP contribution in [0.2, 0.25) is 0 Å². The average Bonchev–Trinajstić information content (AvgIpc) is 3.19. The van der Waals surface area contributed by atoms with Gasteiger partial charge in [-0.05, 0) is 74.8 Å². The second-order valence-corrected chi connectivity index (χ2v) is 9.12. The molecule has 3 rings (SSSR count). The third kappa shape index (κ3) is 5.87. The zero-order valence-corrected chi connectivity index (χ0v) is 20.8. The molecule has 0 radical (unpaired) electrons. The molecule has 172 valence electrons. The standard InChI is InChI=1S/C26H35N3O2S/c1-6-9-15-31-22-12-10-11-21(18-22)25(30)29(14-13-28(7-2)8-3)26-27-23-16-19(4)20(5)17-24(23)32-26/h10-12,16-18H,6-9,13-15H2,1-5H3. The summed E-state index contributed by atoms with van der Waals surface area (Å²) in [6.45, 7) is 14.6. The first-order chi connectivity index (χ1) is 15.5. The predicted molar refractivity (Wildman–Crippen MR) is 135 cm³/mol. The summed E-state index contributed by atoms with van der Waals surface area (Å²) >= 11 is 1.58. The van der Waals surface area contributed by atoms with Crippen molar-refractivity contribution in [2.75, 3.05) is 37.7 Å². The smallest absolute Gasteiger partial charge is 0.260 e. The topological polar surface area (TPSA) is 45.7 Å². The number of nitrogens with zero attached hydrogens (tertiary/aromatic N) is 3. The Morgan fingerprint density at radius 2 is 1.78 bits per heavy atom. The van der Waals surface area contributed by atoms with E-state index in [1.165, 1.54) is 11.1 Å². The molecule has 6 heteroatoms. The van der Waals surface area contributed by atoms with Crippen molar-refractivity contribution < 1.29 is 9.53 Å². The Kier molecular flexibility index (Phi) is 8.65. The van der Waals surface area contributed by atoms with Gasteiger partial charge in [-0.15, -0.1) is 0 Å². The molecule has 32 heavy (non-hydrogen) atoms. The fraction of sp³-hybridized carbons (Fsp3) is 0.462. The molecule has 0 aliphatic rings. The lowest BCUT2D eigenvalue weighted by molar-refractivity contribution is 0.0983. The monoisotopic (exact) mass is 453 g/mol. The van der Waals surface area contributed by atoms with Gasteiger partial charge in [-0.25, -0.2) is 4.98 Å². The van der Waals surface area contributed by atoms with Gasteiger partial charge in [-0.3, -0.25) is 9.69 Å². The number of fused-ring (bicyclic) bond motifs is 1. The van der Waals surface area contributed by atoms with Crippen LogP contribution in [0.25, 0.3) is 10.2 Å². The molecule has 1 amide bonds. The first-order valence-electron chi connectivity index (χ1n) is 11.6. The number of benzene rings is 2. The zero-order valence-electron chi connectivity index (χ0n) is 20.0. The number of aryl methyl sites for hydroxylation is 2. The molecule has 0 bridgehead atoms. The van der Waals surface area contributed by atoms with Crippen molar-refractivity contribution in [3.05, 3.63) is 53.1 Å². The van der Waals surface area contributed by atoms with E-state index in [1.807, 2.05) is 29.2 Å². The minimum Gasteiger partial charge on any atom is -0.494 e. The van der Waals surface area contributed by atoms with Gasteiger partial charge >= 0.3 is 0 Å². The number of likely N-dealkylation sites (N-methyl/N-ethyl adjacent to an activating group) is 1. The number of hydrogen-bond acceptors (Lipinski definition) is 5. The minimum atomic E-state index is -0.0365. The SMILES string of the molecule is CCCCOc1cccc(C(=O)N(CCN(CC)CC)c2nc3cc(C)c(C)cc3s2)c1. The van der Waals surface area contributed by atoms with Crippen LogP contribution in [0.15, 0.2) is 36.4 Å². The molecule has 0 fully saturated rings. The van der Waals surface area contributed by atoms with E-state index in [-0.39, 0.29) is 5.91 Å². The molecule has 3 aromatic rings. The molecule has 0 N–H and O–H groups in total. The van der Waals surface area contributed by atoms with E-state index in [1.54, 1.807) is 11.3 Å². The summed E-state index contributed by atoms with van der Waals surface area (Å²) in [4.78, 5) is 22.7. The van der Waals surface area contributed by atoms with Gasteiger partial charge in [0.15, 0.2) is 5.13 Å². The lowest BCUT2D eigenvalue weighted by Crippen LogP contribution is -2.38. The summed E-state index contributed by atoms with van der Waals surface area (Å²) in [5.74, 6) is 0.703. The van der Waals surface area contributed by atoms with Gasteiger partial charge in [0.2, 0.25) is 0 Å². The highest BCUT2D eigenvalue weighted by Gasteiger charge is 2.22. The Balaban J connectivity index is 1.92. The largest absolute Gasteiger partial charge is 0.494 e. The fourth-order valence-electron chi connectivity index (χ4n) is 3.56. The molecule has 0 atom stereocenters. The van der Waals surface area contributed by atoms with Crippen molar-refractivity contribution in [3.63, 3.8) is 0 Å². The summed E-state index contributed by atoms with van der Waals surface area (Å²) in [5.41, 5.74) is 4.04. The number of rotatable bonds is 11. The molecular formula is C26H35N3O2S. The molecule has 0 saturated heterocycles. The van der Waals surface area contributed by atoms with Crippen LogP contribution in [-0.2, 0) is 0 Å². The summed E-state index contributed by atoms with van der Waals surface area (Å²) in [7, 11) is 0. The maximum absolute atomic E-state index is 13.6. The van der Waals surface area contributed by atoms with E-state index in [0.29, 0.717) is 18.7 Å². The first kappa shape index (κ1) is 24.2. The van der Waals surface area contributed by atoms with Gasteiger partial charge in [0.05, 0.1) is 16.8 Å². The minimum absolute atomic E-state index is 0.0365. The van der Waals surface area contributed by atoms with Gasteiger partial charge in [0.25, 0.3) is 5.91 Å². The number of ether oxygens (including phenoxy) is 1. The number of hydrogen-bond donors (Lipinski definition) is 0. The number of aromatic nitrogens is 1. The van der Waals surface area contributed by atoms with Crippen molar-refractivity contribution in [1.82, 2.24) is 9.88 Å². The second kappa shape index (κ2) is 11.4. The summed E-state index contributed by atoms with van der Waals surface area (Å²) in [5, 5.41) is 0.750. The number of carbonyl (C=O) groups is 1. The molecule has 0 aliphatic heterocycles. The Bertz CT molecular complexity index is 1000. The lowest BCUT2D eigenvalue weighted by atomic mass is 10.1. The van der Waals surface area contributed by atoms with Gasteiger partial charge in [0, 0.05) is 18.7 Å². The van der Waals surface area contributed by atoms with Crippen LogP contribution in [-0.4, -0.2) is 48.6 Å². The predicted octanol–water partition coefficient (Wildman–Crippen LogP) is 6.08. The normalized spacial score (nSPS) is 11.3. The van der Waals surface area contributed by atoms with Crippen molar-refractivity contribution >= 4 is 32.6 Å². The Hall–Kier alpha value is -2.44. The van der Waals surface area contributed by atoms with Crippen LogP contribution < -0.4 is 9.64 Å². The summed E-state index contributed by atoms with van der Waals surface area (Å²) in [6.07, 6.45) is 2.08. The first-order valence-corrected chi connectivity index (χ1v) is 12.4. The molecule has 1 heterocycles. The van der Waals surface area contributed by atoms with E-state index in [2.05, 4.69) is 51.7 Å². The van der Waals surface area contributed by atoms with Crippen molar-refractivity contribution in [2.45, 2.75) is 47.5 Å². The second-order valence-electron chi connectivity index (χ2n) is 8.11. The van der Waals surface area contributed by atoms with E-state index >= 15 is 0 Å². The van der Waals surface area contributed by atoms with Crippen LogP contribution >= 0.6 is 11.3 Å². The average molecular weight is 454 g/mol. The molecule has 2 aromatic carbocycles. The maximum Gasteiger partial charge on any atom is 0.260 e. The van der Waals surface area contributed by atoms with Gasteiger partial charge < -0.3 is 9.64 Å². The number of anilines is 1. The maximum atomic E-state index is 13.6. The quantitative estimate of drug-likeness (QED) is 0.330. The number of thiazole rings is 1. The van der Waals surface area contributed by atoms with E-state index in [9.17, 15) is 4.79 Å². The lowest BCUT2D eigenvalue weighted by Gasteiger charge is -2.25. The van der Waals surface area contributed by atoms with Gasteiger partial charge in [-0.1, -0.05) is 44.6 Å². The van der Waals surface area contributed by atoms with Crippen LogP contribution in [0.1, 0.15) is 55.1 Å². The molecule has 0 unspecified atom stereocenters. The van der Waals surface area contributed by atoms with Crippen molar-refractivity contribution in [1.29, 1.82) is 0 Å².